The fourth-order valence-electron chi connectivity index (χ4n) is 2.29. The molecular weight excluding hydrogens is 230 g/mol. The van der Waals surface area contributed by atoms with Crippen molar-refractivity contribution in [2.24, 2.45) is 0 Å². The molecule has 0 bridgehead atoms. The molecule has 0 saturated carbocycles. The van der Waals surface area contributed by atoms with Gasteiger partial charge in [-0.1, -0.05) is 32.6 Å². The molecule has 5 nitrogen and oxygen atoms in total. The monoisotopic (exact) mass is 255 g/mol. The molecule has 0 amide bonds. The van der Waals surface area contributed by atoms with Gasteiger partial charge in [-0.15, -0.1) is 0 Å². The van der Waals surface area contributed by atoms with E-state index in [9.17, 15) is 4.79 Å². The van der Waals surface area contributed by atoms with Crippen LogP contribution in [-0.2, 0) is 9.53 Å². The molecule has 0 spiro atoms. The molecule has 0 aromatic heterocycles. The molecule has 2 N–H and O–H groups in total. The highest BCUT2D eigenvalue weighted by Crippen LogP contribution is 2.16. The van der Waals surface area contributed by atoms with Gasteiger partial charge >= 0.3 is 5.97 Å². The number of amidine groups is 1. The summed E-state index contributed by atoms with van der Waals surface area (Å²) in [6.07, 6.45) is 6.09. The van der Waals surface area contributed by atoms with Crippen molar-refractivity contribution in [3.05, 3.63) is 0 Å². The van der Waals surface area contributed by atoms with E-state index < -0.39 is 0 Å². The number of nitrogens with zero attached hydrogens (tertiary/aromatic N) is 1. The Hall–Kier alpha value is -1.10. The van der Waals surface area contributed by atoms with Gasteiger partial charge in [0.15, 0.2) is 0 Å². The first kappa shape index (κ1) is 15.0. The summed E-state index contributed by atoms with van der Waals surface area (Å²) in [5.74, 6) is 0.398. The summed E-state index contributed by atoms with van der Waals surface area (Å²) < 4.78 is 4.75. The Bertz CT molecular complexity index is 281. The van der Waals surface area contributed by atoms with Gasteiger partial charge in [0.25, 0.3) is 0 Å². The average Bonchev–Trinajstić information content (AvgIpc) is 2.79. The second-order valence-corrected chi connectivity index (χ2v) is 4.78. The fourth-order valence-corrected chi connectivity index (χ4v) is 2.29. The lowest BCUT2D eigenvalue weighted by Gasteiger charge is -2.28. The van der Waals surface area contributed by atoms with Crippen LogP contribution < -0.4 is 5.32 Å². The van der Waals surface area contributed by atoms with Crippen LogP contribution in [0.15, 0.2) is 0 Å². The lowest BCUT2D eigenvalue weighted by Crippen LogP contribution is -2.38. The molecule has 1 fully saturated rings. The summed E-state index contributed by atoms with van der Waals surface area (Å²) in [5, 5.41) is 11.0. The molecule has 1 rings (SSSR count). The van der Waals surface area contributed by atoms with Gasteiger partial charge in [-0.2, -0.15) is 0 Å². The summed E-state index contributed by atoms with van der Waals surface area (Å²) in [4.78, 5) is 13.4. The number of esters is 1. The lowest BCUT2D eigenvalue weighted by atomic mass is 10.0. The number of ether oxygens (including phenoxy) is 1. The van der Waals surface area contributed by atoms with E-state index in [0.29, 0.717) is 25.5 Å². The third-order valence-electron chi connectivity index (χ3n) is 3.38. The fraction of sp³-hybridized carbons (Fsp3) is 0.846. The van der Waals surface area contributed by atoms with Gasteiger partial charge in [-0.3, -0.25) is 15.5 Å². The third-order valence-corrected chi connectivity index (χ3v) is 3.38. The molecule has 0 aliphatic carbocycles. The number of unbranched alkanes of at least 4 members (excludes halogenated alkanes) is 3. The molecule has 1 aliphatic heterocycles. The summed E-state index contributed by atoms with van der Waals surface area (Å²) in [5.41, 5.74) is 0. The number of carbonyl (C=O) groups excluding carboxylic acids is 1. The average molecular weight is 255 g/mol. The minimum Gasteiger partial charge on any atom is -0.469 e. The zero-order chi connectivity index (χ0) is 13.4. The normalized spacial score (nSPS) is 17.0. The predicted molar refractivity (Wildman–Crippen MR) is 71.6 cm³/mol. The molecule has 18 heavy (non-hydrogen) atoms. The van der Waals surface area contributed by atoms with E-state index in [1.54, 1.807) is 0 Å². The minimum absolute atomic E-state index is 0.108. The molecule has 0 aromatic rings. The summed E-state index contributed by atoms with van der Waals surface area (Å²) in [7, 11) is 1.42. The molecule has 0 radical (unpaired) electrons. The molecule has 1 saturated heterocycles. The highest BCUT2D eigenvalue weighted by atomic mass is 16.5. The molecule has 1 atom stereocenters. The smallest absolute Gasteiger partial charge is 0.307 e. The van der Waals surface area contributed by atoms with Crippen LogP contribution in [0, 0.1) is 5.41 Å². The van der Waals surface area contributed by atoms with E-state index in [2.05, 4.69) is 12.2 Å². The van der Waals surface area contributed by atoms with Crippen molar-refractivity contribution < 1.29 is 9.53 Å². The zero-order valence-electron chi connectivity index (χ0n) is 11.5. The Morgan fingerprint density at radius 3 is 2.83 bits per heavy atom. The van der Waals surface area contributed by atoms with E-state index in [0.717, 1.165) is 12.8 Å². The van der Waals surface area contributed by atoms with Crippen molar-refractivity contribution in [1.82, 2.24) is 10.2 Å². The molecule has 1 aliphatic rings. The number of rotatable bonds is 8. The Labute approximate surface area is 109 Å². The molecule has 0 aromatic carbocycles. The Balaban J connectivity index is 2.46. The first-order valence-electron chi connectivity index (χ1n) is 6.80. The van der Waals surface area contributed by atoms with Gasteiger partial charge < -0.3 is 9.64 Å². The lowest BCUT2D eigenvalue weighted by molar-refractivity contribution is -0.141. The standard InChI is InChI=1S/C13H25N3O2/c1-3-4-5-6-7-11(8-13(17)18-2)16-10-15-9-12(16)14/h11,14-15H,3-10H2,1-2H3. The number of nitrogens with one attached hydrogen (secondary N) is 2. The van der Waals surface area contributed by atoms with E-state index >= 15 is 0 Å². The molecule has 1 unspecified atom stereocenters. The first-order chi connectivity index (χ1) is 8.69. The maximum atomic E-state index is 11.4. The van der Waals surface area contributed by atoms with Crippen LogP contribution in [0.3, 0.4) is 0 Å². The van der Waals surface area contributed by atoms with Crippen molar-refractivity contribution >= 4 is 11.8 Å². The number of hydrogen-bond donors (Lipinski definition) is 2. The van der Waals surface area contributed by atoms with Crippen molar-refractivity contribution in [2.75, 3.05) is 20.3 Å². The maximum Gasteiger partial charge on any atom is 0.307 e. The summed E-state index contributed by atoms with van der Waals surface area (Å²) in [6, 6.07) is 0.108. The van der Waals surface area contributed by atoms with Crippen LogP contribution >= 0.6 is 0 Å². The van der Waals surface area contributed by atoms with Gasteiger partial charge in [0, 0.05) is 6.04 Å². The highest BCUT2D eigenvalue weighted by Gasteiger charge is 2.26. The second-order valence-electron chi connectivity index (χ2n) is 4.78. The van der Waals surface area contributed by atoms with Crippen LogP contribution in [0.25, 0.3) is 0 Å². The first-order valence-corrected chi connectivity index (χ1v) is 6.80. The van der Waals surface area contributed by atoms with E-state index in [-0.39, 0.29) is 12.0 Å². The SMILES string of the molecule is CCCCCCC(CC(=O)OC)N1CNCC1=N. The maximum absolute atomic E-state index is 11.4. The van der Waals surface area contributed by atoms with Crippen LogP contribution in [0.5, 0.6) is 0 Å². The van der Waals surface area contributed by atoms with E-state index in [1.165, 1.54) is 26.4 Å². The van der Waals surface area contributed by atoms with Crippen LogP contribution in [-0.4, -0.2) is 43.1 Å². The van der Waals surface area contributed by atoms with Gasteiger partial charge in [-0.25, -0.2) is 0 Å². The molecular formula is C13H25N3O2. The Kier molecular flexibility index (Phi) is 6.72. The minimum atomic E-state index is -0.185. The van der Waals surface area contributed by atoms with Crippen molar-refractivity contribution in [2.45, 2.75) is 51.5 Å². The van der Waals surface area contributed by atoms with Crippen LogP contribution in [0.1, 0.15) is 45.4 Å². The third kappa shape index (κ3) is 4.64. The summed E-state index contributed by atoms with van der Waals surface area (Å²) in [6.45, 7) is 3.47. The number of methoxy groups -OCH3 is 1. The zero-order valence-corrected chi connectivity index (χ0v) is 11.5. The summed E-state index contributed by atoms with van der Waals surface area (Å²) >= 11 is 0. The second kappa shape index (κ2) is 8.08. The molecule has 1 heterocycles. The quantitative estimate of drug-likeness (QED) is 0.512. The highest BCUT2D eigenvalue weighted by molar-refractivity contribution is 5.83. The Morgan fingerprint density at radius 2 is 2.28 bits per heavy atom. The van der Waals surface area contributed by atoms with Gasteiger partial charge in [0.05, 0.1) is 26.7 Å². The van der Waals surface area contributed by atoms with Crippen LogP contribution in [0.4, 0.5) is 0 Å². The van der Waals surface area contributed by atoms with E-state index in [4.69, 9.17) is 10.1 Å². The van der Waals surface area contributed by atoms with Gasteiger partial charge in [-0.05, 0) is 6.42 Å². The van der Waals surface area contributed by atoms with Gasteiger partial charge in [0.2, 0.25) is 0 Å². The molecule has 5 heteroatoms. The topological polar surface area (TPSA) is 65.4 Å². The number of carbonyl (C=O) groups is 1. The van der Waals surface area contributed by atoms with Crippen molar-refractivity contribution in [3.63, 3.8) is 0 Å². The predicted octanol–water partition coefficient (Wildman–Crippen LogP) is 1.73. The van der Waals surface area contributed by atoms with E-state index in [1.807, 2.05) is 4.90 Å². The van der Waals surface area contributed by atoms with Crippen molar-refractivity contribution in [3.8, 4) is 0 Å². The van der Waals surface area contributed by atoms with Crippen molar-refractivity contribution in [1.29, 1.82) is 5.41 Å². The Morgan fingerprint density at radius 1 is 1.50 bits per heavy atom. The van der Waals surface area contributed by atoms with Crippen LogP contribution in [0.2, 0.25) is 0 Å². The van der Waals surface area contributed by atoms with Gasteiger partial charge in [0.1, 0.15) is 5.84 Å². The number of hydrogen-bond acceptors (Lipinski definition) is 4. The largest absolute Gasteiger partial charge is 0.469 e. The molecule has 104 valence electrons.